The molecule has 1 atom stereocenters. The maximum atomic E-state index is 13.9. The summed E-state index contributed by atoms with van der Waals surface area (Å²) >= 11 is 0. The first-order chi connectivity index (χ1) is 12.8. The second-order valence-electron chi connectivity index (χ2n) is 6.38. The maximum Gasteiger partial charge on any atom is 0.264 e. The van der Waals surface area contributed by atoms with Gasteiger partial charge in [0, 0.05) is 12.6 Å². The maximum absolute atomic E-state index is 13.9. The third-order valence-corrected chi connectivity index (χ3v) is 5.74. The fourth-order valence-electron chi connectivity index (χ4n) is 2.77. The highest BCUT2D eigenvalue weighted by Gasteiger charge is 2.32. The van der Waals surface area contributed by atoms with Gasteiger partial charge in [-0.1, -0.05) is 12.1 Å². The van der Waals surface area contributed by atoms with E-state index in [2.05, 4.69) is 10.0 Å². The third kappa shape index (κ3) is 4.98. The number of rotatable bonds is 7. The van der Waals surface area contributed by atoms with Crippen LogP contribution in [0.25, 0.3) is 0 Å². The number of hydrogen-bond acceptors (Lipinski definition) is 4. The van der Waals surface area contributed by atoms with E-state index in [4.69, 9.17) is 5.73 Å². The molecule has 1 amide bonds. The molecule has 0 spiro atoms. The lowest BCUT2D eigenvalue weighted by atomic mass is 10.1. The summed E-state index contributed by atoms with van der Waals surface area (Å²) in [5.74, 6) is -2.15. The molecule has 6 nitrogen and oxygen atoms in total. The summed E-state index contributed by atoms with van der Waals surface area (Å²) in [5, 5.41) is 2.80. The number of hydrogen-bond donors (Lipinski definition) is 3. The lowest BCUT2D eigenvalue weighted by Gasteiger charge is -2.18. The van der Waals surface area contributed by atoms with E-state index in [1.807, 2.05) is 0 Å². The molecular formula is C18H20ClF2N3O3S. The van der Waals surface area contributed by atoms with Crippen LogP contribution < -0.4 is 15.8 Å². The standard InChI is InChI=1S/C18H19F2N3O3S.ClH/c19-12-7-8-14(20)17(9-12)27(25,26)23-15-4-2-1-3-13(15)18(24)22-16(10-21)11-5-6-11;/h1-4,7-9,11,16,23H,5-6,10,21H2,(H,22,24);1H. The van der Waals surface area contributed by atoms with Gasteiger partial charge in [-0.3, -0.25) is 9.52 Å². The van der Waals surface area contributed by atoms with Gasteiger partial charge < -0.3 is 11.1 Å². The van der Waals surface area contributed by atoms with Crippen molar-refractivity contribution in [2.45, 2.75) is 23.8 Å². The Kier molecular flexibility index (Phi) is 6.97. The highest BCUT2D eigenvalue weighted by Crippen LogP contribution is 2.32. The Hall–Kier alpha value is -2.23. The number of benzene rings is 2. The van der Waals surface area contributed by atoms with Gasteiger partial charge in [0.2, 0.25) is 0 Å². The zero-order valence-corrected chi connectivity index (χ0v) is 16.3. The minimum absolute atomic E-state index is 0. The van der Waals surface area contributed by atoms with Crippen LogP contribution in [0.1, 0.15) is 23.2 Å². The van der Waals surface area contributed by atoms with Gasteiger partial charge in [0.05, 0.1) is 11.3 Å². The monoisotopic (exact) mass is 431 g/mol. The molecule has 2 aromatic rings. The van der Waals surface area contributed by atoms with Crippen LogP contribution in [-0.2, 0) is 10.0 Å². The van der Waals surface area contributed by atoms with Crippen molar-refractivity contribution in [2.24, 2.45) is 11.7 Å². The van der Waals surface area contributed by atoms with Crippen LogP contribution >= 0.6 is 12.4 Å². The van der Waals surface area contributed by atoms with E-state index in [9.17, 15) is 22.0 Å². The summed E-state index contributed by atoms with van der Waals surface area (Å²) in [6.07, 6.45) is 1.96. The van der Waals surface area contributed by atoms with Crippen molar-refractivity contribution < 1.29 is 22.0 Å². The molecule has 1 aliphatic carbocycles. The minimum atomic E-state index is -4.43. The molecule has 2 aromatic carbocycles. The highest BCUT2D eigenvalue weighted by molar-refractivity contribution is 7.92. The van der Waals surface area contributed by atoms with E-state index < -0.39 is 32.5 Å². The molecule has 1 fully saturated rings. The van der Waals surface area contributed by atoms with Gasteiger partial charge in [-0.25, -0.2) is 17.2 Å². The predicted octanol–water partition coefficient (Wildman–Crippen LogP) is 2.65. The Morgan fingerprint density at radius 3 is 2.50 bits per heavy atom. The van der Waals surface area contributed by atoms with Crippen molar-refractivity contribution in [1.82, 2.24) is 5.32 Å². The van der Waals surface area contributed by atoms with Gasteiger partial charge in [-0.15, -0.1) is 12.4 Å². The molecule has 152 valence electrons. The van der Waals surface area contributed by atoms with Crippen molar-refractivity contribution in [3.05, 3.63) is 59.7 Å². The molecule has 3 rings (SSSR count). The number of para-hydroxylation sites is 1. The lowest BCUT2D eigenvalue weighted by Crippen LogP contribution is -2.42. The summed E-state index contributed by atoms with van der Waals surface area (Å²) in [5.41, 5.74) is 5.71. The van der Waals surface area contributed by atoms with E-state index in [1.54, 1.807) is 6.07 Å². The van der Waals surface area contributed by atoms with Crippen LogP contribution in [0.15, 0.2) is 47.4 Å². The number of carbonyl (C=O) groups excluding carboxylic acids is 1. The van der Waals surface area contributed by atoms with Gasteiger partial charge in [0.1, 0.15) is 16.5 Å². The first kappa shape index (κ1) is 22.1. The second-order valence-corrected chi connectivity index (χ2v) is 8.03. The molecule has 0 aromatic heterocycles. The molecule has 1 unspecified atom stereocenters. The normalized spacial score (nSPS) is 14.7. The van der Waals surface area contributed by atoms with Crippen LogP contribution in [0.4, 0.5) is 14.5 Å². The number of nitrogens with one attached hydrogen (secondary N) is 2. The SMILES string of the molecule is Cl.NCC(NC(=O)c1ccccc1NS(=O)(=O)c1cc(F)ccc1F)C1CC1. The fraction of sp³-hybridized carbons (Fsp3) is 0.278. The van der Waals surface area contributed by atoms with E-state index in [0.717, 1.165) is 25.0 Å². The molecule has 0 saturated heterocycles. The van der Waals surface area contributed by atoms with Gasteiger partial charge in [0.15, 0.2) is 0 Å². The Balaban J connectivity index is 0.00000280. The van der Waals surface area contributed by atoms with E-state index in [1.165, 1.54) is 18.2 Å². The Morgan fingerprint density at radius 2 is 1.86 bits per heavy atom. The van der Waals surface area contributed by atoms with Crippen molar-refractivity contribution in [3.63, 3.8) is 0 Å². The molecule has 1 saturated carbocycles. The molecule has 10 heteroatoms. The van der Waals surface area contributed by atoms with Crippen LogP contribution in [-0.4, -0.2) is 26.9 Å². The average molecular weight is 432 g/mol. The number of sulfonamides is 1. The molecule has 1 aliphatic rings. The van der Waals surface area contributed by atoms with E-state index >= 15 is 0 Å². The molecule has 0 aliphatic heterocycles. The summed E-state index contributed by atoms with van der Waals surface area (Å²) in [4.78, 5) is 11.7. The van der Waals surface area contributed by atoms with Crippen LogP contribution in [0.3, 0.4) is 0 Å². The molecule has 0 heterocycles. The topological polar surface area (TPSA) is 101 Å². The summed E-state index contributed by atoms with van der Waals surface area (Å²) in [6.45, 7) is 0.277. The zero-order chi connectivity index (χ0) is 19.6. The van der Waals surface area contributed by atoms with Gasteiger partial charge in [-0.05, 0) is 49.1 Å². The smallest absolute Gasteiger partial charge is 0.264 e. The molecular weight excluding hydrogens is 412 g/mol. The predicted molar refractivity (Wildman–Crippen MR) is 104 cm³/mol. The van der Waals surface area contributed by atoms with E-state index in [-0.39, 0.29) is 36.2 Å². The second kappa shape index (κ2) is 8.85. The number of halogens is 3. The summed E-state index contributed by atoms with van der Waals surface area (Å²) < 4.78 is 54.3. The van der Waals surface area contributed by atoms with Crippen molar-refractivity contribution in [3.8, 4) is 0 Å². The first-order valence-electron chi connectivity index (χ1n) is 8.39. The number of anilines is 1. The summed E-state index contributed by atoms with van der Waals surface area (Å²) in [7, 11) is -4.43. The molecule has 0 radical (unpaired) electrons. The number of amides is 1. The van der Waals surface area contributed by atoms with Gasteiger partial charge in [-0.2, -0.15) is 0 Å². The van der Waals surface area contributed by atoms with Gasteiger partial charge in [0.25, 0.3) is 15.9 Å². The van der Waals surface area contributed by atoms with Crippen molar-refractivity contribution in [1.29, 1.82) is 0 Å². The molecule has 28 heavy (non-hydrogen) atoms. The third-order valence-electron chi connectivity index (χ3n) is 4.36. The highest BCUT2D eigenvalue weighted by atomic mass is 35.5. The number of nitrogens with two attached hydrogens (primary N) is 1. The fourth-order valence-corrected chi connectivity index (χ4v) is 3.94. The summed E-state index contributed by atoms with van der Waals surface area (Å²) in [6, 6.07) is 7.85. The van der Waals surface area contributed by atoms with Crippen LogP contribution in [0, 0.1) is 17.6 Å². The molecule has 4 N–H and O–H groups in total. The Labute approximate surface area is 168 Å². The number of carbonyl (C=O) groups is 1. The first-order valence-corrected chi connectivity index (χ1v) is 9.88. The Bertz CT molecular complexity index is 968. The molecule has 0 bridgehead atoms. The Morgan fingerprint density at radius 1 is 1.18 bits per heavy atom. The quantitative estimate of drug-likeness (QED) is 0.627. The largest absolute Gasteiger partial charge is 0.348 e. The lowest BCUT2D eigenvalue weighted by molar-refractivity contribution is 0.0934. The zero-order valence-electron chi connectivity index (χ0n) is 14.7. The minimum Gasteiger partial charge on any atom is -0.348 e. The van der Waals surface area contributed by atoms with Crippen LogP contribution in [0.5, 0.6) is 0 Å². The van der Waals surface area contributed by atoms with E-state index in [0.29, 0.717) is 12.0 Å². The average Bonchev–Trinajstić information content (AvgIpc) is 3.46. The van der Waals surface area contributed by atoms with Gasteiger partial charge >= 0.3 is 0 Å². The van der Waals surface area contributed by atoms with Crippen molar-refractivity contribution >= 4 is 34.0 Å². The van der Waals surface area contributed by atoms with Crippen LogP contribution in [0.2, 0.25) is 0 Å². The van der Waals surface area contributed by atoms with Crippen molar-refractivity contribution in [2.75, 3.05) is 11.3 Å².